The summed E-state index contributed by atoms with van der Waals surface area (Å²) in [6.07, 6.45) is 2.36. The summed E-state index contributed by atoms with van der Waals surface area (Å²) in [6.45, 7) is 0. The van der Waals surface area contributed by atoms with Crippen molar-refractivity contribution in [2.45, 2.75) is 6.42 Å². The minimum absolute atomic E-state index is 0.0852. The number of phenols is 1. The molecule has 1 aromatic carbocycles. The SMILES string of the molecule is NC(=O)CC=Cc1cc(F)cc([N+](=O)[O-])c1O. The quantitative estimate of drug-likeness (QED) is 0.611. The van der Waals surface area contributed by atoms with Crippen LogP contribution in [0.1, 0.15) is 12.0 Å². The summed E-state index contributed by atoms with van der Waals surface area (Å²) in [5.41, 5.74) is 4.05. The maximum atomic E-state index is 13.0. The van der Waals surface area contributed by atoms with E-state index < -0.39 is 28.1 Å². The van der Waals surface area contributed by atoms with Crippen LogP contribution >= 0.6 is 0 Å². The molecule has 1 aromatic rings. The Hall–Kier alpha value is -2.44. The molecule has 1 rings (SSSR count). The minimum atomic E-state index is -0.899. The van der Waals surface area contributed by atoms with Gasteiger partial charge in [-0.3, -0.25) is 14.9 Å². The lowest BCUT2D eigenvalue weighted by Gasteiger charge is -2.00. The van der Waals surface area contributed by atoms with E-state index in [4.69, 9.17) is 5.73 Å². The second-order valence-electron chi connectivity index (χ2n) is 3.19. The first-order chi connectivity index (χ1) is 7.91. The number of nitro groups is 1. The minimum Gasteiger partial charge on any atom is -0.502 e. The molecule has 0 aliphatic carbocycles. The van der Waals surface area contributed by atoms with Gasteiger partial charge in [0.2, 0.25) is 11.7 Å². The van der Waals surface area contributed by atoms with Gasteiger partial charge < -0.3 is 10.8 Å². The Balaban J connectivity index is 3.11. The molecule has 0 aromatic heterocycles. The van der Waals surface area contributed by atoms with Crippen LogP contribution in [0.5, 0.6) is 5.75 Å². The molecule has 0 bridgehead atoms. The number of phenolic OH excluding ortho intramolecular Hbond substituents is 1. The molecule has 0 fully saturated rings. The number of halogens is 1. The van der Waals surface area contributed by atoms with E-state index in [1.54, 1.807) is 0 Å². The summed E-state index contributed by atoms with van der Waals surface area (Å²) in [6, 6.07) is 1.53. The highest BCUT2D eigenvalue weighted by Gasteiger charge is 2.17. The summed E-state index contributed by atoms with van der Waals surface area (Å²) >= 11 is 0. The maximum absolute atomic E-state index is 13.0. The second kappa shape index (κ2) is 5.06. The van der Waals surface area contributed by atoms with Gasteiger partial charge in [0.05, 0.1) is 11.0 Å². The molecule has 0 saturated heterocycles. The number of aromatic hydroxyl groups is 1. The van der Waals surface area contributed by atoms with Crippen molar-refractivity contribution in [2.75, 3.05) is 0 Å². The standard InChI is InChI=1S/C10H9FN2O4/c11-7-4-6(2-1-3-9(12)14)10(15)8(5-7)13(16)17/h1-2,4-5,15H,3H2,(H2,12,14). The summed E-state index contributed by atoms with van der Waals surface area (Å²) in [4.78, 5) is 20.0. The van der Waals surface area contributed by atoms with Gasteiger partial charge in [0.25, 0.3) is 0 Å². The van der Waals surface area contributed by atoms with Crippen molar-refractivity contribution in [2.24, 2.45) is 5.73 Å². The Morgan fingerprint density at radius 1 is 1.59 bits per heavy atom. The highest BCUT2D eigenvalue weighted by Crippen LogP contribution is 2.31. The zero-order valence-corrected chi connectivity index (χ0v) is 8.59. The number of hydrogen-bond donors (Lipinski definition) is 2. The topological polar surface area (TPSA) is 106 Å². The molecule has 0 heterocycles. The third kappa shape index (κ3) is 3.26. The van der Waals surface area contributed by atoms with Gasteiger partial charge in [0, 0.05) is 12.0 Å². The summed E-state index contributed by atoms with van der Waals surface area (Å²) in [5, 5.41) is 20.0. The summed E-state index contributed by atoms with van der Waals surface area (Å²) in [7, 11) is 0. The molecular formula is C10H9FN2O4. The number of carbonyl (C=O) groups excluding carboxylic acids is 1. The average Bonchev–Trinajstić information content (AvgIpc) is 2.21. The molecule has 7 heteroatoms. The van der Waals surface area contributed by atoms with Gasteiger partial charge in [-0.25, -0.2) is 4.39 Å². The predicted molar refractivity (Wildman–Crippen MR) is 57.6 cm³/mol. The first kappa shape index (κ1) is 12.6. The Labute approximate surface area is 95.3 Å². The van der Waals surface area contributed by atoms with Crippen LogP contribution in [0, 0.1) is 15.9 Å². The number of nitro benzene ring substituents is 1. The number of benzene rings is 1. The molecule has 0 atom stereocenters. The molecule has 3 N–H and O–H groups in total. The van der Waals surface area contributed by atoms with Crippen LogP contribution in [0.25, 0.3) is 6.08 Å². The van der Waals surface area contributed by atoms with Gasteiger partial charge in [-0.05, 0) is 6.07 Å². The fraction of sp³-hybridized carbons (Fsp3) is 0.100. The zero-order chi connectivity index (χ0) is 13.0. The molecule has 0 aliphatic rings. The van der Waals surface area contributed by atoms with E-state index in [1.807, 2.05) is 0 Å². The van der Waals surface area contributed by atoms with Crippen LogP contribution in [-0.4, -0.2) is 15.9 Å². The van der Waals surface area contributed by atoms with Gasteiger partial charge >= 0.3 is 5.69 Å². The Morgan fingerprint density at radius 3 is 2.76 bits per heavy atom. The highest BCUT2D eigenvalue weighted by atomic mass is 19.1. The van der Waals surface area contributed by atoms with Crippen LogP contribution in [0.2, 0.25) is 0 Å². The molecule has 0 radical (unpaired) electrons. The van der Waals surface area contributed by atoms with Crippen LogP contribution in [0.4, 0.5) is 10.1 Å². The normalized spacial score (nSPS) is 10.6. The van der Waals surface area contributed by atoms with Crippen molar-refractivity contribution in [1.82, 2.24) is 0 Å². The summed E-state index contributed by atoms with van der Waals surface area (Å²) in [5.74, 6) is -2.11. The van der Waals surface area contributed by atoms with Crippen LogP contribution in [0.3, 0.4) is 0 Å². The third-order valence-corrected chi connectivity index (χ3v) is 1.90. The lowest BCUT2D eigenvalue weighted by atomic mass is 10.1. The number of amides is 1. The third-order valence-electron chi connectivity index (χ3n) is 1.90. The van der Waals surface area contributed by atoms with Gasteiger partial charge in [0.1, 0.15) is 5.82 Å². The second-order valence-corrected chi connectivity index (χ2v) is 3.19. The molecule has 1 amide bonds. The van der Waals surface area contributed by atoms with E-state index in [2.05, 4.69) is 0 Å². The van der Waals surface area contributed by atoms with Crippen LogP contribution in [0.15, 0.2) is 18.2 Å². The maximum Gasteiger partial charge on any atom is 0.314 e. The number of hydrogen-bond acceptors (Lipinski definition) is 4. The van der Waals surface area contributed by atoms with Crippen molar-refractivity contribution >= 4 is 17.7 Å². The van der Waals surface area contributed by atoms with E-state index in [-0.39, 0.29) is 12.0 Å². The lowest BCUT2D eigenvalue weighted by Crippen LogP contribution is -2.07. The van der Waals surface area contributed by atoms with E-state index in [1.165, 1.54) is 12.2 Å². The van der Waals surface area contributed by atoms with Gasteiger partial charge in [-0.15, -0.1) is 0 Å². The molecule has 90 valence electrons. The van der Waals surface area contributed by atoms with E-state index in [0.29, 0.717) is 6.07 Å². The fourth-order valence-corrected chi connectivity index (χ4v) is 1.17. The van der Waals surface area contributed by atoms with Gasteiger partial charge in [-0.1, -0.05) is 12.2 Å². The lowest BCUT2D eigenvalue weighted by molar-refractivity contribution is -0.386. The first-order valence-corrected chi connectivity index (χ1v) is 4.53. The molecule has 17 heavy (non-hydrogen) atoms. The largest absolute Gasteiger partial charge is 0.502 e. The molecule has 6 nitrogen and oxygen atoms in total. The molecule has 0 spiro atoms. The molecule has 0 saturated carbocycles. The smallest absolute Gasteiger partial charge is 0.314 e. The van der Waals surface area contributed by atoms with Gasteiger partial charge in [-0.2, -0.15) is 0 Å². The Bertz CT molecular complexity index is 499. The molecular weight excluding hydrogens is 231 g/mol. The number of rotatable bonds is 4. The molecule has 0 aliphatic heterocycles. The number of nitrogens with two attached hydrogens (primary N) is 1. The van der Waals surface area contributed by atoms with Gasteiger partial charge in [0.15, 0.2) is 0 Å². The monoisotopic (exact) mass is 240 g/mol. The van der Waals surface area contributed by atoms with Crippen molar-refractivity contribution in [1.29, 1.82) is 0 Å². The van der Waals surface area contributed by atoms with E-state index >= 15 is 0 Å². The zero-order valence-electron chi connectivity index (χ0n) is 8.59. The van der Waals surface area contributed by atoms with E-state index in [0.717, 1.165) is 6.07 Å². The van der Waals surface area contributed by atoms with Crippen LogP contribution in [-0.2, 0) is 4.79 Å². The number of nitrogens with zero attached hydrogens (tertiary/aromatic N) is 1. The van der Waals surface area contributed by atoms with Crippen molar-refractivity contribution in [3.63, 3.8) is 0 Å². The first-order valence-electron chi connectivity index (χ1n) is 4.53. The number of carbonyl (C=O) groups is 1. The van der Waals surface area contributed by atoms with Crippen LogP contribution < -0.4 is 5.73 Å². The predicted octanol–water partition coefficient (Wildman–Crippen LogP) is 1.33. The van der Waals surface area contributed by atoms with Crippen molar-refractivity contribution in [3.05, 3.63) is 39.7 Å². The highest BCUT2D eigenvalue weighted by molar-refractivity contribution is 5.77. The average molecular weight is 240 g/mol. The van der Waals surface area contributed by atoms with Crippen molar-refractivity contribution in [3.8, 4) is 5.75 Å². The molecule has 0 unspecified atom stereocenters. The van der Waals surface area contributed by atoms with E-state index in [9.17, 15) is 24.4 Å². The Morgan fingerprint density at radius 2 is 2.24 bits per heavy atom. The number of primary amides is 1. The Kier molecular flexibility index (Phi) is 3.76. The van der Waals surface area contributed by atoms with Crippen molar-refractivity contribution < 1.29 is 19.2 Å². The summed E-state index contributed by atoms with van der Waals surface area (Å²) < 4.78 is 13.0. The fourth-order valence-electron chi connectivity index (χ4n) is 1.17.